The first-order valence-electron chi connectivity index (χ1n) is 11.6. The Bertz CT molecular complexity index is 1190. The minimum atomic E-state index is -1.82. The Hall–Kier alpha value is -1.31. The molecule has 1 unspecified atom stereocenters. The molecule has 4 nitrogen and oxygen atoms in total. The van der Waals surface area contributed by atoms with E-state index in [-0.39, 0.29) is 9.79 Å². The normalized spacial score (nSPS) is 19.1. The average molecular weight is 535 g/mol. The van der Waals surface area contributed by atoms with Crippen LogP contribution >= 0.6 is 35.0 Å². The lowest BCUT2D eigenvalue weighted by atomic mass is 10.0. The molecule has 1 atom stereocenters. The molecule has 0 bridgehead atoms. The van der Waals surface area contributed by atoms with Gasteiger partial charge < -0.3 is 8.99 Å². The zero-order chi connectivity index (χ0) is 24.7. The van der Waals surface area contributed by atoms with E-state index in [9.17, 15) is 0 Å². The van der Waals surface area contributed by atoms with E-state index < -0.39 is 8.32 Å². The van der Waals surface area contributed by atoms with E-state index in [1.807, 2.05) is 48.2 Å². The first kappa shape index (κ1) is 25.8. The predicted octanol–water partition coefficient (Wildman–Crippen LogP) is 7.99. The van der Waals surface area contributed by atoms with Crippen molar-refractivity contribution in [1.29, 1.82) is 0 Å². The third-order valence-electron chi connectivity index (χ3n) is 7.04. The lowest BCUT2D eigenvalue weighted by Gasteiger charge is -2.39. The van der Waals surface area contributed by atoms with Crippen LogP contribution in [0.3, 0.4) is 0 Å². The highest BCUT2D eigenvalue weighted by Crippen LogP contribution is 2.40. The number of nitrogens with zero attached hydrogens (tertiary/aromatic N) is 3. The summed E-state index contributed by atoms with van der Waals surface area (Å²) in [6.07, 6.45) is 0.817. The summed E-state index contributed by atoms with van der Waals surface area (Å²) < 4.78 is 8.80. The van der Waals surface area contributed by atoms with E-state index in [1.54, 1.807) is 0 Å². The number of hydrogen-bond donors (Lipinski definition) is 0. The molecule has 4 rings (SSSR count). The average Bonchev–Trinajstić information content (AvgIpc) is 3.04. The molecule has 182 valence electrons. The molecule has 0 fully saturated rings. The number of halogens is 2. The van der Waals surface area contributed by atoms with Crippen LogP contribution in [0.15, 0.2) is 42.5 Å². The first-order chi connectivity index (χ1) is 15.9. The van der Waals surface area contributed by atoms with Gasteiger partial charge in [0.05, 0.1) is 5.02 Å². The number of rotatable bonds is 5. The zero-order valence-electron chi connectivity index (χ0n) is 20.8. The monoisotopic (exact) mass is 533 g/mol. The third-order valence-corrected chi connectivity index (χ3v) is 13.4. The second kappa shape index (κ2) is 9.62. The molecule has 1 aromatic heterocycles. The van der Waals surface area contributed by atoms with Gasteiger partial charge in [0.1, 0.15) is 5.82 Å². The third kappa shape index (κ3) is 5.41. The van der Waals surface area contributed by atoms with Crippen LogP contribution in [0.2, 0.25) is 28.2 Å². The molecule has 0 radical (unpaired) electrons. The quantitative estimate of drug-likeness (QED) is 0.311. The van der Waals surface area contributed by atoms with Crippen LogP contribution in [0.1, 0.15) is 33.5 Å². The van der Waals surface area contributed by atoms with Crippen LogP contribution < -0.4 is 0 Å². The molecule has 2 aromatic carbocycles. The molecule has 0 amide bonds. The van der Waals surface area contributed by atoms with Crippen molar-refractivity contribution in [2.45, 2.75) is 63.5 Å². The van der Waals surface area contributed by atoms with Gasteiger partial charge in [-0.2, -0.15) is 11.8 Å². The van der Waals surface area contributed by atoms with Crippen molar-refractivity contribution < 1.29 is 4.43 Å². The van der Waals surface area contributed by atoms with Gasteiger partial charge in [-0.15, -0.1) is 10.2 Å². The van der Waals surface area contributed by atoms with Crippen LogP contribution in [-0.4, -0.2) is 40.2 Å². The minimum Gasteiger partial charge on any atom is -0.415 e. The Morgan fingerprint density at radius 1 is 1.09 bits per heavy atom. The second-order valence-electron chi connectivity index (χ2n) is 10.8. The minimum absolute atomic E-state index is 0.0334. The highest BCUT2D eigenvalue weighted by atomic mass is 35.5. The fourth-order valence-electron chi connectivity index (χ4n) is 3.86. The van der Waals surface area contributed by atoms with Crippen LogP contribution in [0.4, 0.5) is 0 Å². The standard InChI is InChI=1S/C26H33Cl2N3OSSi/c1-25(2,3)34(5,6)32-17-26(4)16-23-29-30-24(31(23)12-13-33-26)21-11-10-19(15-22(21)28)18-8-7-9-20(27)14-18/h7-11,14-15H,12-13,16-17H2,1-6H3. The zero-order valence-corrected chi connectivity index (χ0v) is 24.1. The molecule has 1 aliphatic heterocycles. The molecule has 1 aliphatic rings. The van der Waals surface area contributed by atoms with Crippen molar-refractivity contribution >= 4 is 43.3 Å². The summed E-state index contributed by atoms with van der Waals surface area (Å²) in [6.45, 7) is 15.3. The molecule has 0 aliphatic carbocycles. The van der Waals surface area contributed by atoms with Gasteiger partial charge in [-0.1, -0.05) is 62.2 Å². The van der Waals surface area contributed by atoms with Gasteiger partial charge in [0.25, 0.3) is 0 Å². The maximum Gasteiger partial charge on any atom is 0.192 e. The summed E-state index contributed by atoms with van der Waals surface area (Å²) in [5.74, 6) is 2.80. The second-order valence-corrected chi connectivity index (χ2v) is 18.2. The van der Waals surface area contributed by atoms with E-state index >= 15 is 0 Å². The van der Waals surface area contributed by atoms with Gasteiger partial charge in [0.2, 0.25) is 0 Å². The van der Waals surface area contributed by atoms with Crippen LogP contribution in [-0.2, 0) is 17.4 Å². The Kier molecular flexibility index (Phi) is 7.29. The molecule has 0 saturated heterocycles. The van der Waals surface area contributed by atoms with E-state index in [0.717, 1.165) is 53.7 Å². The van der Waals surface area contributed by atoms with Crippen molar-refractivity contribution in [3.63, 3.8) is 0 Å². The summed E-state index contributed by atoms with van der Waals surface area (Å²) >= 11 is 14.9. The Balaban J connectivity index is 1.58. The van der Waals surface area contributed by atoms with E-state index in [0.29, 0.717) is 10.0 Å². The smallest absolute Gasteiger partial charge is 0.192 e. The van der Waals surface area contributed by atoms with Crippen molar-refractivity contribution in [3.05, 3.63) is 58.3 Å². The number of thioether (sulfide) groups is 1. The molecule has 0 spiro atoms. The van der Waals surface area contributed by atoms with Crippen molar-refractivity contribution in [1.82, 2.24) is 14.8 Å². The number of hydrogen-bond acceptors (Lipinski definition) is 4. The Morgan fingerprint density at radius 3 is 2.50 bits per heavy atom. The number of aromatic nitrogens is 3. The molecule has 0 N–H and O–H groups in total. The van der Waals surface area contributed by atoms with Gasteiger partial charge >= 0.3 is 0 Å². The summed E-state index contributed by atoms with van der Waals surface area (Å²) in [7, 11) is -1.82. The topological polar surface area (TPSA) is 39.9 Å². The maximum atomic E-state index is 6.76. The molecule has 0 saturated carbocycles. The summed E-state index contributed by atoms with van der Waals surface area (Å²) in [5, 5.41) is 10.7. The summed E-state index contributed by atoms with van der Waals surface area (Å²) in [6, 6.07) is 13.9. The molecule has 34 heavy (non-hydrogen) atoms. The lowest BCUT2D eigenvalue weighted by molar-refractivity contribution is 0.252. The van der Waals surface area contributed by atoms with Gasteiger partial charge in [0, 0.05) is 40.7 Å². The molecule has 8 heteroatoms. The van der Waals surface area contributed by atoms with Crippen LogP contribution in [0.5, 0.6) is 0 Å². The van der Waals surface area contributed by atoms with Crippen LogP contribution in [0, 0.1) is 0 Å². The van der Waals surface area contributed by atoms with Gasteiger partial charge in [-0.3, -0.25) is 0 Å². The van der Waals surface area contributed by atoms with E-state index in [2.05, 4.69) is 61.6 Å². The molecular weight excluding hydrogens is 501 g/mol. The van der Waals surface area contributed by atoms with Gasteiger partial charge in [-0.25, -0.2) is 0 Å². The first-order valence-corrected chi connectivity index (χ1v) is 16.3. The SMILES string of the molecule is CC1(CO[Si](C)(C)C(C)(C)C)Cc2nnc(-c3ccc(-c4cccc(Cl)c4)cc3Cl)n2CCS1. The van der Waals surface area contributed by atoms with Crippen molar-refractivity contribution in [2.24, 2.45) is 0 Å². The largest absolute Gasteiger partial charge is 0.415 e. The maximum absolute atomic E-state index is 6.76. The van der Waals surface area contributed by atoms with Gasteiger partial charge in [-0.05, 0) is 60.4 Å². The van der Waals surface area contributed by atoms with E-state index in [4.69, 9.17) is 27.6 Å². The number of fused-ring (bicyclic) bond motifs is 1. The Morgan fingerprint density at radius 2 is 1.82 bits per heavy atom. The van der Waals surface area contributed by atoms with E-state index in [1.165, 1.54) is 0 Å². The highest BCUT2D eigenvalue weighted by molar-refractivity contribution is 8.00. The molecular formula is C26H33Cl2N3OSSi. The van der Waals surface area contributed by atoms with Crippen molar-refractivity contribution in [3.8, 4) is 22.5 Å². The highest BCUT2D eigenvalue weighted by Gasteiger charge is 2.40. The van der Waals surface area contributed by atoms with Gasteiger partial charge in [0.15, 0.2) is 14.1 Å². The summed E-state index contributed by atoms with van der Waals surface area (Å²) in [5.41, 5.74) is 2.96. The predicted molar refractivity (Wildman–Crippen MR) is 149 cm³/mol. The van der Waals surface area contributed by atoms with Crippen molar-refractivity contribution in [2.75, 3.05) is 12.4 Å². The number of benzene rings is 2. The molecule has 2 heterocycles. The molecule has 3 aromatic rings. The van der Waals surface area contributed by atoms with Crippen LogP contribution in [0.25, 0.3) is 22.5 Å². The Labute approximate surface area is 218 Å². The lowest BCUT2D eigenvalue weighted by Crippen LogP contribution is -2.45. The summed E-state index contributed by atoms with van der Waals surface area (Å²) in [4.78, 5) is 0. The fraction of sp³-hybridized carbons (Fsp3) is 0.462. The fourth-order valence-corrected chi connectivity index (χ4v) is 6.67.